The summed E-state index contributed by atoms with van der Waals surface area (Å²) in [5, 5.41) is 0. The van der Waals surface area contributed by atoms with Gasteiger partial charge in [-0.15, -0.1) is 0 Å². The lowest BCUT2D eigenvalue weighted by Crippen LogP contribution is -2.58. The number of nitrogens with zero attached hydrogens (tertiary/aromatic N) is 3. The second-order valence-corrected chi connectivity index (χ2v) is 8.29. The van der Waals surface area contributed by atoms with Gasteiger partial charge in [0.1, 0.15) is 5.54 Å². The van der Waals surface area contributed by atoms with Crippen molar-refractivity contribution >= 4 is 11.8 Å². The fourth-order valence-electron chi connectivity index (χ4n) is 4.43. The maximum Gasteiger partial charge on any atom is 0.248 e. The SMILES string of the molecule is COCCN1CC2(CCCN(C(=O)C(C)(C)n3cccc3)C2)CCC1=O. The number of likely N-dealkylation sites (tertiary alicyclic amines) is 2. The average molecular weight is 361 g/mol. The van der Waals surface area contributed by atoms with Gasteiger partial charge in [0.25, 0.3) is 0 Å². The Labute approximate surface area is 156 Å². The molecule has 1 aromatic heterocycles. The van der Waals surface area contributed by atoms with E-state index in [9.17, 15) is 9.59 Å². The molecule has 2 amide bonds. The van der Waals surface area contributed by atoms with Gasteiger partial charge >= 0.3 is 0 Å². The fraction of sp³-hybridized carbons (Fsp3) is 0.700. The molecule has 1 unspecified atom stereocenters. The Bertz CT molecular complexity index is 641. The number of hydrogen-bond acceptors (Lipinski definition) is 3. The van der Waals surface area contributed by atoms with Crippen LogP contribution in [0.1, 0.15) is 39.5 Å². The first-order chi connectivity index (χ1) is 12.4. The second kappa shape index (κ2) is 7.43. The van der Waals surface area contributed by atoms with Crippen LogP contribution in [0.25, 0.3) is 0 Å². The summed E-state index contributed by atoms with van der Waals surface area (Å²) in [4.78, 5) is 29.5. The first-order valence-electron chi connectivity index (χ1n) is 9.58. The number of hydrogen-bond donors (Lipinski definition) is 0. The highest BCUT2D eigenvalue weighted by Crippen LogP contribution is 2.39. The molecule has 0 N–H and O–H groups in total. The molecule has 1 spiro atoms. The summed E-state index contributed by atoms with van der Waals surface area (Å²) < 4.78 is 7.13. The lowest BCUT2D eigenvalue weighted by molar-refractivity contribution is -0.147. The molecule has 0 aliphatic carbocycles. The number of piperidine rings is 2. The highest BCUT2D eigenvalue weighted by molar-refractivity contribution is 5.84. The van der Waals surface area contributed by atoms with Gasteiger partial charge in [-0.3, -0.25) is 9.59 Å². The van der Waals surface area contributed by atoms with Gasteiger partial charge in [-0.05, 0) is 45.2 Å². The Kier molecular flexibility index (Phi) is 5.42. The molecule has 2 saturated heterocycles. The van der Waals surface area contributed by atoms with Gasteiger partial charge in [-0.2, -0.15) is 0 Å². The molecule has 1 aromatic rings. The van der Waals surface area contributed by atoms with Crippen LogP contribution in [0.15, 0.2) is 24.5 Å². The molecule has 2 fully saturated rings. The van der Waals surface area contributed by atoms with E-state index in [0.29, 0.717) is 19.6 Å². The van der Waals surface area contributed by atoms with Crippen LogP contribution in [-0.4, -0.2) is 66.1 Å². The van der Waals surface area contributed by atoms with Gasteiger partial charge in [-0.1, -0.05) is 0 Å². The van der Waals surface area contributed by atoms with Crippen molar-refractivity contribution in [2.24, 2.45) is 5.41 Å². The van der Waals surface area contributed by atoms with Crippen molar-refractivity contribution in [3.63, 3.8) is 0 Å². The minimum atomic E-state index is -0.595. The van der Waals surface area contributed by atoms with E-state index in [4.69, 9.17) is 4.74 Å². The molecule has 6 nitrogen and oxygen atoms in total. The van der Waals surface area contributed by atoms with Crippen LogP contribution >= 0.6 is 0 Å². The fourth-order valence-corrected chi connectivity index (χ4v) is 4.43. The van der Waals surface area contributed by atoms with Crippen LogP contribution in [0, 0.1) is 5.41 Å². The average Bonchev–Trinajstić information content (AvgIpc) is 3.18. The number of carbonyl (C=O) groups is 2. The Hall–Kier alpha value is -1.82. The van der Waals surface area contributed by atoms with E-state index in [1.54, 1.807) is 7.11 Å². The zero-order chi connectivity index (χ0) is 18.8. The van der Waals surface area contributed by atoms with Gasteiger partial charge < -0.3 is 19.1 Å². The molecule has 0 radical (unpaired) electrons. The van der Waals surface area contributed by atoms with Crippen molar-refractivity contribution in [3.8, 4) is 0 Å². The Morgan fingerprint density at radius 3 is 2.65 bits per heavy atom. The molecule has 144 valence electrons. The van der Waals surface area contributed by atoms with Crippen LogP contribution in [0.3, 0.4) is 0 Å². The highest BCUT2D eigenvalue weighted by atomic mass is 16.5. The number of rotatable bonds is 5. The smallest absolute Gasteiger partial charge is 0.248 e. The van der Waals surface area contributed by atoms with Gasteiger partial charge in [0.05, 0.1) is 6.61 Å². The van der Waals surface area contributed by atoms with Crippen molar-refractivity contribution in [1.29, 1.82) is 0 Å². The monoisotopic (exact) mass is 361 g/mol. The predicted octanol–water partition coefficient (Wildman–Crippen LogP) is 2.10. The lowest BCUT2D eigenvalue weighted by Gasteiger charge is -2.49. The zero-order valence-corrected chi connectivity index (χ0v) is 16.2. The summed E-state index contributed by atoms with van der Waals surface area (Å²) in [7, 11) is 1.66. The van der Waals surface area contributed by atoms with E-state index in [2.05, 4.69) is 0 Å². The van der Waals surface area contributed by atoms with E-state index < -0.39 is 5.54 Å². The quantitative estimate of drug-likeness (QED) is 0.807. The molecule has 0 saturated carbocycles. The molecule has 1 atom stereocenters. The van der Waals surface area contributed by atoms with Gasteiger partial charge in [0.15, 0.2) is 0 Å². The molecular weight excluding hydrogens is 330 g/mol. The zero-order valence-electron chi connectivity index (χ0n) is 16.2. The summed E-state index contributed by atoms with van der Waals surface area (Å²) in [6.07, 6.45) is 7.43. The molecule has 3 rings (SSSR count). The number of carbonyl (C=O) groups excluding carboxylic acids is 2. The summed E-state index contributed by atoms with van der Waals surface area (Å²) in [6.45, 7) is 7.44. The summed E-state index contributed by atoms with van der Waals surface area (Å²) in [5.74, 6) is 0.372. The molecular formula is C20H31N3O3. The molecule has 2 aliphatic heterocycles. The number of aromatic nitrogens is 1. The molecule has 0 aromatic carbocycles. The Morgan fingerprint density at radius 1 is 1.23 bits per heavy atom. The second-order valence-electron chi connectivity index (χ2n) is 8.29. The van der Waals surface area contributed by atoms with Crippen molar-refractivity contribution in [2.45, 2.75) is 45.1 Å². The third-order valence-corrected chi connectivity index (χ3v) is 6.04. The first-order valence-corrected chi connectivity index (χ1v) is 9.58. The first kappa shape index (κ1) is 19.0. The van der Waals surface area contributed by atoms with Crippen LogP contribution in [-0.2, 0) is 19.9 Å². The van der Waals surface area contributed by atoms with Crippen molar-refractivity contribution in [2.75, 3.05) is 39.9 Å². The third kappa shape index (κ3) is 3.65. The largest absolute Gasteiger partial charge is 0.383 e. The van der Waals surface area contributed by atoms with Crippen molar-refractivity contribution in [1.82, 2.24) is 14.4 Å². The Balaban J connectivity index is 1.72. The van der Waals surface area contributed by atoms with Crippen LogP contribution in [0.2, 0.25) is 0 Å². The Morgan fingerprint density at radius 2 is 1.96 bits per heavy atom. The van der Waals surface area contributed by atoms with Gasteiger partial charge in [0, 0.05) is 57.5 Å². The lowest BCUT2D eigenvalue weighted by atomic mass is 9.73. The van der Waals surface area contributed by atoms with Crippen molar-refractivity contribution < 1.29 is 14.3 Å². The molecule has 2 aliphatic rings. The van der Waals surface area contributed by atoms with Crippen molar-refractivity contribution in [3.05, 3.63) is 24.5 Å². The maximum absolute atomic E-state index is 13.3. The summed E-state index contributed by atoms with van der Waals surface area (Å²) >= 11 is 0. The summed E-state index contributed by atoms with van der Waals surface area (Å²) in [5.41, 5.74) is -0.565. The maximum atomic E-state index is 13.3. The minimum absolute atomic E-state index is 0.0301. The molecule has 0 bridgehead atoms. The van der Waals surface area contributed by atoms with E-state index in [-0.39, 0.29) is 17.2 Å². The van der Waals surface area contributed by atoms with E-state index in [0.717, 1.165) is 38.9 Å². The van der Waals surface area contributed by atoms with Crippen LogP contribution in [0.5, 0.6) is 0 Å². The van der Waals surface area contributed by atoms with E-state index in [1.165, 1.54) is 0 Å². The number of methoxy groups -OCH3 is 1. The van der Waals surface area contributed by atoms with Gasteiger partial charge in [0.2, 0.25) is 11.8 Å². The predicted molar refractivity (Wildman–Crippen MR) is 99.7 cm³/mol. The minimum Gasteiger partial charge on any atom is -0.383 e. The number of amides is 2. The number of ether oxygens (including phenoxy) is 1. The van der Waals surface area contributed by atoms with E-state index in [1.807, 2.05) is 52.7 Å². The molecule has 26 heavy (non-hydrogen) atoms. The topological polar surface area (TPSA) is 54.8 Å². The summed E-state index contributed by atoms with van der Waals surface area (Å²) in [6, 6.07) is 3.90. The van der Waals surface area contributed by atoms with Crippen LogP contribution < -0.4 is 0 Å². The van der Waals surface area contributed by atoms with Crippen LogP contribution in [0.4, 0.5) is 0 Å². The van der Waals surface area contributed by atoms with E-state index >= 15 is 0 Å². The molecule has 6 heteroatoms. The standard InChI is InChI=1S/C20H31N3O3/c1-19(2,23-11-4-5-12-23)18(25)22-10-6-8-20(16-22)9-7-17(24)21(15-20)13-14-26-3/h4-5,11-12H,6-10,13-16H2,1-3H3. The third-order valence-electron chi connectivity index (χ3n) is 6.04. The molecule has 3 heterocycles. The van der Waals surface area contributed by atoms with Gasteiger partial charge in [-0.25, -0.2) is 0 Å². The normalized spacial score (nSPS) is 24.3. The highest BCUT2D eigenvalue weighted by Gasteiger charge is 2.44.